The maximum atomic E-state index is 13.1. The zero-order valence-corrected chi connectivity index (χ0v) is 17.6. The lowest BCUT2D eigenvalue weighted by Crippen LogP contribution is -2.45. The molecular weight excluding hydrogens is 400 g/mol. The first-order valence-corrected chi connectivity index (χ1v) is 10.6. The number of fused-ring (bicyclic) bond motifs is 1. The fourth-order valence-corrected chi connectivity index (χ4v) is 4.46. The van der Waals surface area contributed by atoms with Gasteiger partial charge in [0.1, 0.15) is 5.82 Å². The number of hydrogen-bond acceptors (Lipinski definition) is 4. The monoisotopic (exact) mass is 424 g/mol. The number of carbonyl (C=O) groups is 2. The Kier molecular flexibility index (Phi) is 6.04. The molecule has 0 spiro atoms. The molecule has 2 aliphatic rings. The largest absolute Gasteiger partial charge is 0.355 e. The molecule has 2 amide bonds. The van der Waals surface area contributed by atoms with Crippen molar-refractivity contribution in [1.82, 2.24) is 15.2 Å². The van der Waals surface area contributed by atoms with Crippen molar-refractivity contribution in [2.45, 2.75) is 31.8 Å². The summed E-state index contributed by atoms with van der Waals surface area (Å²) in [5.74, 6) is 0.624. The third-order valence-corrected chi connectivity index (χ3v) is 6.17. The van der Waals surface area contributed by atoms with E-state index in [0.29, 0.717) is 23.7 Å². The highest BCUT2D eigenvalue weighted by atomic mass is 35.5. The van der Waals surface area contributed by atoms with Gasteiger partial charge in [-0.3, -0.25) is 9.59 Å². The predicted molar refractivity (Wildman–Crippen MR) is 118 cm³/mol. The maximum Gasteiger partial charge on any atom is 0.251 e. The number of carbonyl (C=O) groups excluding carboxylic acids is 2. The van der Waals surface area contributed by atoms with E-state index >= 15 is 0 Å². The van der Waals surface area contributed by atoms with Gasteiger partial charge in [0.2, 0.25) is 5.91 Å². The summed E-state index contributed by atoms with van der Waals surface area (Å²) in [6, 6.07) is 9.57. The molecule has 6 nitrogen and oxygen atoms in total. The van der Waals surface area contributed by atoms with E-state index in [1.54, 1.807) is 11.1 Å². The van der Waals surface area contributed by atoms with E-state index in [0.717, 1.165) is 49.3 Å². The van der Waals surface area contributed by atoms with Gasteiger partial charge >= 0.3 is 0 Å². The molecule has 1 N–H and O–H groups in total. The smallest absolute Gasteiger partial charge is 0.251 e. The van der Waals surface area contributed by atoms with Gasteiger partial charge in [-0.1, -0.05) is 30.3 Å². The zero-order chi connectivity index (χ0) is 21.1. The summed E-state index contributed by atoms with van der Waals surface area (Å²) in [6.07, 6.45) is 5.48. The second-order valence-corrected chi connectivity index (χ2v) is 8.11. The number of nitrogens with zero attached hydrogens (tertiary/aromatic N) is 3. The Morgan fingerprint density at radius 1 is 1.17 bits per heavy atom. The van der Waals surface area contributed by atoms with Crippen molar-refractivity contribution in [2.75, 3.05) is 24.5 Å². The van der Waals surface area contributed by atoms with Crippen molar-refractivity contribution in [3.05, 3.63) is 70.9 Å². The number of hydrogen-bond donors (Lipinski definition) is 1. The van der Waals surface area contributed by atoms with Crippen molar-refractivity contribution < 1.29 is 9.59 Å². The van der Waals surface area contributed by atoms with Gasteiger partial charge in [0.25, 0.3) is 5.91 Å². The molecule has 30 heavy (non-hydrogen) atoms. The summed E-state index contributed by atoms with van der Waals surface area (Å²) >= 11 is 6.26. The highest BCUT2D eigenvalue weighted by Crippen LogP contribution is 2.26. The number of halogens is 1. The van der Waals surface area contributed by atoms with Crippen LogP contribution in [0.1, 0.15) is 34.3 Å². The van der Waals surface area contributed by atoms with E-state index in [2.05, 4.69) is 21.8 Å². The number of aromatic nitrogens is 1. The van der Waals surface area contributed by atoms with E-state index in [1.165, 1.54) is 6.08 Å². The molecule has 2 aliphatic heterocycles. The van der Waals surface area contributed by atoms with Gasteiger partial charge in [-0.15, -0.1) is 0 Å². The first-order valence-electron chi connectivity index (χ1n) is 10.2. The summed E-state index contributed by atoms with van der Waals surface area (Å²) in [7, 11) is 0. The van der Waals surface area contributed by atoms with Crippen LogP contribution >= 0.6 is 11.6 Å². The molecule has 1 aromatic carbocycles. The van der Waals surface area contributed by atoms with Crippen molar-refractivity contribution >= 4 is 29.2 Å². The van der Waals surface area contributed by atoms with Crippen LogP contribution in [0.5, 0.6) is 0 Å². The molecular formula is C23H25ClN4O2. The summed E-state index contributed by atoms with van der Waals surface area (Å²) in [5, 5.41) is 3.84. The van der Waals surface area contributed by atoms with Gasteiger partial charge in [-0.2, -0.15) is 0 Å². The molecule has 0 saturated carbocycles. The Morgan fingerprint density at radius 2 is 1.97 bits per heavy atom. The minimum Gasteiger partial charge on any atom is -0.355 e. The fraction of sp³-hybridized carbons (Fsp3) is 0.348. The lowest BCUT2D eigenvalue weighted by Gasteiger charge is -2.34. The zero-order valence-electron chi connectivity index (χ0n) is 16.8. The topological polar surface area (TPSA) is 65.5 Å². The molecule has 7 heteroatoms. The van der Waals surface area contributed by atoms with E-state index in [9.17, 15) is 9.59 Å². The number of rotatable bonds is 4. The normalized spacial score (nSPS) is 16.7. The van der Waals surface area contributed by atoms with Gasteiger partial charge in [-0.25, -0.2) is 4.98 Å². The quantitative estimate of drug-likeness (QED) is 0.765. The molecule has 0 atom stereocenters. The minimum atomic E-state index is -0.101. The first kappa shape index (κ1) is 20.4. The number of anilines is 1. The molecule has 3 heterocycles. The Morgan fingerprint density at radius 3 is 2.70 bits per heavy atom. The molecule has 156 valence electrons. The average Bonchev–Trinajstić information content (AvgIpc) is 2.78. The van der Waals surface area contributed by atoms with Crippen LogP contribution in [0, 0.1) is 0 Å². The van der Waals surface area contributed by atoms with Crippen molar-refractivity contribution in [2.24, 2.45) is 0 Å². The van der Waals surface area contributed by atoms with Crippen LogP contribution in [0.2, 0.25) is 5.02 Å². The van der Waals surface area contributed by atoms with Crippen LogP contribution < -0.4 is 10.2 Å². The maximum absolute atomic E-state index is 13.1. The molecule has 4 rings (SSSR count). The molecule has 1 aromatic heterocycles. The Labute approximate surface area is 181 Å². The van der Waals surface area contributed by atoms with Crippen molar-refractivity contribution in [3.8, 4) is 0 Å². The van der Waals surface area contributed by atoms with Crippen molar-refractivity contribution in [3.63, 3.8) is 0 Å². The number of amides is 2. The van der Waals surface area contributed by atoms with Crippen LogP contribution in [0.4, 0.5) is 5.82 Å². The van der Waals surface area contributed by atoms with Gasteiger partial charge in [-0.05, 0) is 54.7 Å². The number of nitrogens with one attached hydrogen (secondary N) is 1. The molecule has 1 saturated heterocycles. The molecule has 0 aliphatic carbocycles. The first-order chi connectivity index (χ1) is 14.6. The summed E-state index contributed by atoms with van der Waals surface area (Å²) in [5.41, 5.74) is 2.73. The molecule has 0 unspecified atom stereocenters. The van der Waals surface area contributed by atoms with E-state index in [-0.39, 0.29) is 17.9 Å². The highest BCUT2D eigenvalue weighted by Gasteiger charge is 2.26. The number of piperidine rings is 1. The van der Waals surface area contributed by atoms with Crippen molar-refractivity contribution in [1.29, 1.82) is 0 Å². The standard InChI is InChI=1S/C23H25ClN4O2/c1-2-21(29)28-12-8-16-5-3-6-18(19(16)15-28)23(30)26-17-9-13-27(14-10-17)22-20(24)7-4-11-25-22/h2-7,11,17H,1,8-10,12-15H2,(H,26,30). The Bertz CT molecular complexity index is 969. The summed E-state index contributed by atoms with van der Waals surface area (Å²) in [6.45, 7) is 6.24. The van der Waals surface area contributed by atoms with Crippen LogP contribution in [0.3, 0.4) is 0 Å². The summed E-state index contributed by atoms with van der Waals surface area (Å²) in [4.78, 5) is 33.4. The average molecular weight is 425 g/mol. The Balaban J connectivity index is 1.42. The molecule has 1 fully saturated rings. The molecule has 2 aromatic rings. The lowest BCUT2D eigenvalue weighted by molar-refractivity contribution is -0.126. The van der Waals surface area contributed by atoms with E-state index < -0.39 is 0 Å². The second-order valence-electron chi connectivity index (χ2n) is 7.70. The van der Waals surface area contributed by atoms with Gasteiger partial charge in [0, 0.05) is 44.0 Å². The third-order valence-electron chi connectivity index (χ3n) is 5.87. The minimum absolute atomic E-state index is 0.0749. The molecule has 0 radical (unpaired) electrons. The number of pyridine rings is 1. The number of benzene rings is 1. The Hall–Kier alpha value is -2.86. The third kappa shape index (κ3) is 4.19. The SMILES string of the molecule is C=CC(=O)N1CCc2cccc(C(=O)NC3CCN(c4ncccc4Cl)CC3)c2C1. The van der Waals surface area contributed by atoms with E-state index in [1.807, 2.05) is 30.3 Å². The predicted octanol–water partition coefficient (Wildman–Crippen LogP) is 3.20. The second kappa shape index (κ2) is 8.88. The van der Waals surface area contributed by atoms with Crippen LogP contribution in [0.25, 0.3) is 0 Å². The van der Waals surface area contributed by atoms with Crippen LogP contribution in [0.15, 0.2) is 49.2 Å². The highest BCUT2D eigenvalue weighted by molar-refractivity contribution is 6.32. The molecule has 0 bridgehead atoms. The lowest BCUT2D eigenvalue weighted by atomic mass is 9.94. The van der Waals surface area contributed by atoms with E-state index in [4.69, 9.17) is 11.6 Å². The van der Waals surface area contributed by atoms with Gasteiger partial charge in [0.05, 0.1) is 5.02 Å². The van der Waals surface area contributed by atoms with Crippen LogP contribution in [-0.2, 0) is 17.8 Å². The fourth-order valence-electron chi connectivity index (χ4n) is 4.22. The van der Waals surface area contributed by atoms with Gasteiger partial charge in [0.15, 0.2) is 0 Å². The van der Waals surface area contributed by atoms with Gasteiger partial charge < -0.3 is 15.1 Å². The summed E-state index contributed by atoms with van der Waals surface area (Å²) < 4.78 is 0. The van der Waals surface area contributed by atoms with Crippen LogP contribution in [-0.4, -0.2) is 47.4 Å².